The summed E-state index contributed by atoms with van der Waals surface area (Å²) in [5.41, 5.74) is 5.54. The molecule has 0 unspecified atom stereocenters. The second-order valence-corrected chi connectivity index (χ2v) is 3.97. The van der Waals surface area contributed by atoms with Gasteiger partial charge in [0.25, 0.3) is 5.91 Å². The first kappa shape index (κ1) is 14.2. The van der Waals surface area contributed by atoms with Crippen molar-refractivity contribution in [3.05, 3.63) is 18.0 Å². The predicted octanol–water partition coefficient (Wildman–Crippen LogP) is 1.11. The van der Waals surface area contributed by atoms with E-state index in [0.29, 0.717) is 18.6 Å². The minimum Gasteiger partial charge on any atom is -0.466 e. The van der Waals surface area contributed by atoms with Gasteiger partial charge in [-0.1, -0.05) is 6.42 Å². The largest absolute Gasteiger partial charge is 0.466 e. The zero-order valence-electron chi connectivity index (χ0n) is 10.6. The summed E-state index contributed by atoms with van der Waals surface area (Å²) < 4.78 is 6.51. The molecule has 0 atom stereocenters. The molecule has 0 fully saturated rings. The fraction of sp³-hybridized carbons (Fsp3) is 0.583. The molecule has 2 N–H and O–H groups in total. The third kappa shape index (κ3) is 4.99. The summed E-state index contributed by atoms with van der Waals surface area (Å²) in [7, 11) is 0. The van der Waals surface area contributed by atoms with Crippen LogP contribution in [0.5, 0.6) is 0 Å². The van der Waals surface area contributed by atoms with Crippen LogP contribution in [0.25, 0.3) is 0 Å². The van der Waals surface area contributed by atoms with Gasteiger partial charge in [-0.05, 0) is 19.8 Å². The van der Waals surface area contributed by atoms with Crippen LogP contribution in [-0.4, -0.2) is 28.3 Å². The minimum absolute atomic E-state index is 0.146. The highest BCUT2D eigenvalue weighted by Crippen LogP contribution is 2.04. The van der Waals surface area contributed by atoms with Gasteiger partial charge in [-0.2, -0.15) is 5.10 Å². The molecule has 0 spiro atoms. The number of aromatic nitrogens is 2. The van der Waals surface area contributed by atoms with Crippen molar-refractivity contribution in [1.82, 2.24) is 9.78 Å². The van der Waals surface area contributed by atoms with E-state index in [9.17, 15) is 9.59 Å². The molecule has 0 bridgehead atoms. The third-order valence-corrected chi connectivity index (χ3v) is 2.49. The number of esters is 1. The monoisotopic (exact) mass is 253 g/mol. The molecule has 1 amide bonds. The highest BCUT2D eigenvalue weighted by Gasteiger charge is 2.04. The van der Waals surface area contributed by atoms with E-state index in [-0.39, 0.29) is 5.97 Å². The number of amides is 1. The zero-order valence-corrected chi connectivity index (χ0v) is 10.6. The van der Waals surface area contributed by atoms with Gasteiger partial charge in [-0.3, -0.25) is 14.3 Å². The zero-order chi connectivity index (χ0) is 13.4. The number of unbranched alkanes of at least 4 members (excludes halogenated alkanes) is 2. The van der Waals surface area contributed by atoms with Gasteiger partial charge in [-0.15, -0.1) is 0 Å². The van der Waals surface area contributed by atoms with Gasteiger partial charge in [0.1, 0.15) is 0 Å². The number of hydrogen-bond acceptors (Lipinski definition) is 4. The van der Waals surface area contributed by atoms with Crippen LogP contribution < -0.4 is 5.73 Å². The smallest absolute Gasteiger partial charge is 0.305 e. The van der Waals surface area contributed by atoms with Crippen molar-refractivity contribution < 1.29 is 14.3 Å². The van der Waals surface area contributed by atoms with E-state index in [1.807, 2.05) is 0 Å². The molecule has 0 radical (unpaired) electrons. The average molecular weight is 253 g/mol. The van der Waals surface area contributed by atoms with Gasteiger partial charge in [0, 0.05) is 19.2 Å². The van der Waals surface area contributed by atoms with Crippen molar-refractivity contribution in [3.63, 3.8) is 0 Å². The Bertz CT molecular complexity index is 401. The Hall–Kier alpha value is -1.85. The molecule has 0 saturated carbocycles. The molecule has 1 heterocycles. The first-order valence-electron chi connectivity index (χ1n) is 6.11. The first-order valence-corrected chi connectivity index (χ1v) is 6.11. The van der Waals surface area contributed by atoms with E-state index in [2.05, 4.69) is 5.10 Å². The summed E-state index contributed by atoms with van der Waals surface area (Å²) in [6.45, 7) is 2.95. The second-order valence-electron chi connectivity index (χ2n) is 3.97. The third-order valence-electron chi connectivity index (χ3n) is 2.49. The normalized spacial score (nSPS) is 10.3. The average Bonchev–Trinajstić information content (AvgIpc) is 2.78. The van der Waals surface area contributed by atoms with E-state index in [1.54, 1.807) is 17.8 Å². The molecule has 100 valence electrons. The highest BCUT2D eigenvalue weighted by molar-refractivity contribution is 5.92. The Labute approximate surface area is 106 Å². The number of carbonyl (C=O) groups excluding carboxylic acids is 2. The van der Waals surface area contributed by atoms with E-state index < -0.39 is 5.91 Å². The van der Waals surface area contributed by atoms with Crippen molar-refractivity contribution in [3.8, 4) is 0 Å². The van der Waals surface area contributed by atoms with Crippen LogP contribution in [-0.2, 0) is 16.1 Å². The molecule has 6 heteroatoms. The van der Waals surface area contributed by atoms with Crippen molar-refractivity contribution in [2.75, 3.05) is 6.61 Å². The summed E-state index contributed by atoms with van der Waals surface area (Å²) in [6.07, 6.45) is 6.18. The lowest BCUT2D eigenvalue weighted by atomic mass is 10.2. The fourth-order valence-corrected chi connectivity index (χ4v) is 1.57. The molecule has 1 aromatic rings. The summed E-state index contributed by atoms with van der Waals surface area (Å²) in [5.74, 6) is -0.615. The van der Waals surface area contributed by atoms with E-state index in [1.165, 1.54) is 6.20 Å². The van der Waals surface area contributed by atoms with Gasteiger partial charge in [0.15, 0.2) is 0 Å². The fourth-order valence-electron chi connectivity index (χ4n) is 1.57. The molecule has 1 rings (SSSR count). The molecule has 0 aromatic carbocycles. The summed E-state index contributed by atoms with van der Waals surface area (Å²) in [5, 5.41) is 4.02. The van der Waals surface area contributed by atoms with Gasteiger partial charge in [-0.25, -0.2) is 0 Å². The van der Waals surface area contributed by atoms with Crippen LogP contribution in [0.2, 0.25) is 0 Å². The molecule has 6 nitrogen and oxygen atoms in total. The summed E-state index contributed by atoms with van der Waals surface area (Å²) in [4.78, 5) is 21.9. The predicted molar refractivity (Wildman–Crippen MR) is 65.8 cm³/mol. The van der Waals surface area contributed by atoms with E-state index in [4.69, 9.17) is 10.5 Å². The lowest BCUT2D eigenvalue weighted by Gasteiger charge is -2.02. The van der Waals surface area contributed by atoms with Crippen LogP contribution >= 0.6 is 0 Å². The first-order chi connectivity index (χ1) is 8.63. The van der Waals surface area contributed by atoms with Crippen LogP contribution in [0.1, 0.15) is 43.0 Å². The molecule has 0 aliphatic heterocycles. The number of carbonyl (C=O) groups is 2. The Balaban J connectivity index is 2.14. The van der Waals surface area contributed by atoms with Crippen molar-refractivity contribution >= 4 is 11.9 Å². The number of nitrogens with zero attached hydrogens (tertiary/aromatic N) is 2. The molecule has 0 saturated heterocycles. The molecular weight excluding hydrogens is 234 g/mol. The maximum Gasteiger partial charge on any atom is 0.305 e. The molecule has 18 heavy (non-hydrogen) atoms. The number of nitrogens with two attached hydrogens (primary N) is 1. The van der Waals surface area contributed by atoms with Gasteiger partial charge in [0.2, 0.25) is 0 Å². The number of ether oxygens (including phenoxy) is 1. The molecular formula is C12H19N3O3. The van der Waals surface area contributed by atoms with Crippen molar-refractivity contribution in [2.45, 2.75) is 39.2 Å². The van der Waals surface area contributed by atoms with E-state index >= 15 is 0 Å². The Kier molecular flexibility index (Phi) is 5.90. The Morgan fingerprint density at radius 3 is 2.78 bits per heavy atom. The summed E-state index contributed by atoms with van der Waals surface area (Å²) in [6, 6.07) is 0. The number of rotatable bonds is 8. The molecule has 0 aliphatic rings. The minimum atomic E-state index is -0.469. The molecule has 0 aliphatic carbocycles. The topological polar surface area (TPSA) is 87.2 Å². The Morgan fingerprint density at radius 1 is 1.39 bits per heavy atom. The van der Waals surface area contributed by atoms with Crippen LogP contribution in [0.4, 0.5) is 0 Å². The maximum absolute atomic E-state index is 11.1. The number of aryl methyl sites for hydroxylation is 1. The van der Waals surface area contributed by atoms with Gasteiger partial charge >= 0.3 is 5.97 Å². The lowest BCUT2D eigenvalue weighted by molar-refractivity contribution is -0.143. The maximum atomic E-state index is 11.1. The number of primary amides is 1. The highest BCUT2D eigenvalue weighted by atomic mass is 16.5. The van der Waals surface area contributed by atoms with Gasteiger partial charge in [0.05, 0.1) is 18.4 Å². The van der Waals surface area contributed by atoms with Crippen molar-refractivity contribution in [1.29, 1.82) is 0 Å². The Morgan fingerprint density at radius 2 is 2.17 bits per heavy atom. The van der Waals surface area contributed by atoms with Crippen LogP contribution in [0.15, 0.2) is 12.4 Å². The summed E-state index contributed by atoms with van der Waals surface area (Å²) >= 11 is 0. The standard InChI is InChI=1S/C12H19N3O3/c1-2-18-11(16)6-4-3-5-7-15-9-10(8-14-15)12(13)17/h8-9H,2-7H2,1H3,(H2,13,17). The van der Waals surface area contributed by atoms with Crippen LogP contribution in [0, 0.1) is 0 Å². The van der Waals surface area contributed by atoms with Gasteiger partial charge < -0.3 is 10.5 Å². The quantitative estimate of drug-likeness (QED) is 0.555. The SMILES string of the molecule is CCOC(=O)CCCCCn1cc(C(N)=O)cn1. The lowest BCUT2D eigenvalue weighted by Crippen LogP contribution is -2.09. The second kappa shape index (κ2) is 7.47. The van der Waals surface area contributed by atoms with Crippen molar-refractivity contribution in [2.24, 2.45) is 5.73 Å². The molecule has 1 aromatic heterocycles. The van der Waals surface area contributed by atoms with E-state index in [0.717, 1.165) is 25.8 Å². The number of hydrogen-bond donors (Lipinski definition) is 1. The van der Waals surface area contributed by atoms with Crippen LogP contribution in [0.3, 0.4) is 0 Å².